The van der Waals surface area contributed by atoms with Crippen molar-refractivity contribution in [3.63, 3.8) is 0 Å². The van der Waals surface area contributed by atoms with Gasteiger partial charge in [-0.05, 0) is 18.5 Å². The van der Waals surface area contributed by atoms with Crippen LogP contribution in [-0.4, -0.2) is 30.7 Å². The molecule has 0 unspecified atom stereocenters. The third kappa shape index (κ3) is 2.65. The zero-order valence-electron chi connectivity index (χ0n) is 10.9. The van der Waals surface area contributed by atoms with Crippen LogP contribution in [0, 0.1) is 6.92 Å². The maximum atomic E-state index is 12.0. The number of rotatable bonds is 4. The number of hydrogen-bond acceptors (Lipinski definition) is 6. The summed E-state index contributed by atoms with van der Waals surface area (Å²) in [5.41, 5.74) is 1.07. The summed E-state index contributed by atoms with van der Waals surface area (Å²) in [5, 5.41) is 13.9. The number of aromatic carboxylic acids is 1. The number of nitrogens with one attached hydrogen (secondary N) is 1. The highest BCUT2D eigenvalue weighted by Gasteiger charge is 2.19. The lowest BCUT2D eigenvalue weighted by molar-refractivity contribution is -0.115. The largest absolute Gasteiger partial charge is 0.478 e. The highest BCUT2D eigenvalue weighted by molar-refractivity contribution is 7.15. The molecule has 0 spiro atoms. The Morgan fingerprint density at radius 1 is 1.48 bits per heavy atom. The maximum Gasteiger partial charge on any atom is 0.340 e. The number of hydrogen-bond donors (Lipinski definition) is 2. The van der Waals surface area contributed by atoms with Gasteiger partial charge in [-0.15, -0.1) is 11.3 Å². The molecule has 0 saturated carbocycles. The first-order valence-electron chi connectivity index (χ1n) is 5.95. The second-order valence-corrected chi connectivity index (χ2v) is 5.97. The first-order chi connectivity index (χ1) is 10.0. The molecule has 0 bridgehead atoms. The molecule has 3 rings (SSSR count). The Hall–Kier alpha value is -2.26. The first kappa shape index (κ1) is 13.7. The number of thiazole rings is 1. The molecule has 0 fully saturated rings. The summed E-state index contributed by atoms with van der Waals surface area (Å²) in [6.07, 6.45) is 3.73. The van der Waals surface area contributed by atoms with Gasteiger partial charge in [-0.2, -0.15) is 4.37 Å². The van der Waals surface area contributed by atoms with Gasteiger partial charge in [0.25, 0.3) is 0 Å². The minimum atomic E-state index is -1.10. The van der Waals surface area contributed by atoms with Crippen LogP contribution in [0.25, 0.3) is 4.96 Å². The van der Waals surface area contributed by atoms with Crippen LogP contribution < -0.4 is 5.32 Å². The molecule has 3 heterocycles. The van der Waals surface area contributed by atoms with Crippen molar-refractivity contribution < 1.29 is 14.7 Å². The number of carboxylic acid groups (broad SMARTS) is 1. The predicted molar refractivity (Wildman–Crippen MR) is 79.2 cm³/mol. The van der Waals surface area contributed by atoms with Crippen LogP contribution in [0.2, 0.25) is 0 Å². The fourth-order valence-corrected chi connectivity index (χ4v) is 3.43. The lowest BCUT2D eigenvalue weighted by Crippen LogP contribution is -2.15. The average Bonchev–Trinajstić information content (AvgIpc) is 3.04. The first-order valence-corrected chi connectivity index (χ1v) is 7.60. The highest BCUT2D eigenvalue weighted by atomic mass is 32.1. The zero-order valence-corrected chi connectivity index (χ0v) is 12.5. The van der Waals surface area contributed by atoms with E-state index in [1.165, 1.54) is 11.3 Å². The molecule has 0 atom stereocenters. The Kier molecular flexibility index (Phi) is 3.43. The van der Waals surface area contributed by atoms with Crippen LogP contribution in [0.5, 0.6) is 0 Å². The third-order valence-corrected chi connectivity index (χ3v) is 4.44. The Bertz CT molecular complexity index is 804. The second-order valence-electron chi connectivity index (χ2n) is 4.33. The van der Waals surface area contributed by atoms with E-state index < -0.39 is 5.97 Å². The monoisotopic (exact) mass is 322 g/mol. The van der Waals surface area contributed by atoms with E-state index in [4.69, 9.17) is 5.11 Å². The Labute approximate surface area is 127 Å². The van der Waals surface area contributed by atoms with Gasteiger partial charge in [0.2, 0.25) is 5.91 Å². The van der Waals surface area contributed by atoms with Crippen molar-refractivity contribution in [2.24, 2.45) is 0 Å². The molecule has 3 aromatic heterocycles. The molecule has 108 valence electrons. The summed E-state index contributed by atoms with van der Waals surface area (Å²) >= 11 is 2.45. The van der Waals surface area contributed by atoms with E-state index >= 15 is 0 Å². The minimum absolute atomic E-state index is 0.0409. The van der Waals surface area contributed by atoms with Gasteiger partial charge in [0.15, 0.2) is 4.96 Å². The Balaban J connectivity index is 1.75. The molecule has 0 aliphatic carbocycles. The second kappa shape index (κ2) is 5.26. The number of imidazole rings is 1. The lowest BCUT2D eigenvalue weighted by Gasteiger charge is -2.02. The fourth-order valence-electron chi connectivity index (χ4n) is 1.90. The Morgan fingerprint density at radius 3 is 3.00 bits per heavy atom. The van der Waals surface area contributed by atoms with Crippen LogP contribution in [-0.2, 0) is 11.2 Å². The van der Waals surface area contributed by atoms with E-state index in [-0.39, 0.29) is 22.9 Å². The van der Waals surface area contributed by atoms with Gasteiger partial charge in [0.05, 0.1) is 17.8 Å². The van der Waals surface area contributed by atoms with Crippen molar-refractivity contribution in [1.82, 2.24) is 13.8 Å². The summed E-state index contributed by atoms with van der Waals surface area (Å²) in [7, 11) is 0. The molecule has 2 N–H and O–H groups in total. The van der Waals surface area contributed by atoms with E-state index in [9.17, 15) is 9.59 Å². The third-order valence-electron chi connectivity index (χ3n) is 2.81. The number of carboxylic acids is 1. The lowest BCUT2D eigenvalue weighted by atomic mass is 10.2. The number of aromatic nitrogens is 3. The number of nitrogens with zero attached hydrogens (tertiary/aromatic N) is 3. The van der Waals surface area contributed by atoms with Crippen LogP contribution in [0.1, 0.15) is 21.7 Å². The van der Waals surface area contributed by atoms with E-state index in [1.54, 1.807) is 13.1 Å². The quantitative estimate of drug-likeness (QED) is 0.766. The summed E-state index contributed by atoms with van der Waals surface area (Å²) in [6.45, 7) is 1.60. The van der Waals surface area contributed by atoms with Crippen LogP contribution in [0.4, 0.5) is 5.00 Å². The number of aryl methyl sites for hydroxylation is 1. The summed E-state index contributed by atoms with van der Waals surface area (Å²) in [6, 6.07) is 0. The number of carbonyl (C=O) groups is 2. The zero-order chi connectivity index (χ0) is 15.0. The normalized spacial score (nSPS) is 10.9. The van der Waals surface area contributed by atoms with Crippen molar-refractivity contribution in [3.05, 3.63) is 34.7 Å². The summed E-state index contributed by atoms with van der Waals surface area (Å²) in [4.78, 5) is 28.2. The molecule has 0 aliphatic heterocycles. The number of carbonyl (C=O) groups excluding carboxylic acids is 1. The van der Waals surface area contributed by atoms with E-state index in [1.807, 2.05) is 16.0 Å². The topological polar surface area (TPSA) is 96.6 Å². The molecule has 21 heavy (non-hydrogen) atoms. The number of fused-ring (bicyclic) bond motifs is 1. The van der Waals surface area contributed by atoms with E-state index in [2.05, 4.69) is 14.7 Å². The van der Waals surface area contributed by atoms with E-state index in [0.29, 0.717) is 11.4 Å². The Morgan fingerprint density at radius 2 is 2.29 bits per heavy atom. The van der Waals surface area contributed by atoms with Gasteiger partial charge >= 0.3 is 5.97 Å². The van der Waals surface area contributed by atoms with Gasteiger partial charge in [-0.25, -0.2) is 9.78 Å². The highest BCUT2D eigenvalue weighted by Crippen LogP contribution is 2.24. The number of anilines is 1. The van der Waals surface area contributed by atoms with Crippen molar-refractivity contribution >= 4 is 44.7 Å². The van der Waals surface area contributed by atoms with Gasteiger partial charge in [-0.1, -0.05) is 0 Å². The molecule has 1 amide bonds. The van der Waals surface area contributed by atoms with E-state index in [0.717, 1.165) is 16.5 Å². The molecular formula is C12H10N4O3S2. The SMILES string of the molecule is Cc1nsc(NC(=O)Cc2cn3ccsc3n2)c1C(=O)O. The summed E-state index contributed by atoms with van der Waals surface area (Å²) in [5.74, 6) is -1.41. The molecule has 9 heteroatoms. The van der Waals surface area contributed by atoms with Crippen molar-refractivity contribution in [1.29, 1.82) is 0 Å². The van der Waals surface area contributed by atoms with Crippen molar-refractivity contribution in [2.45, 2.75) is 13.3 Å². The van der Waals surface area contributed by atoms with Crippen molar-refractivity contribution in [3.8, 4) is 0 Å². The van der Waals surface area contributed by atoms with Crippen molar-refractivity contribution in [2.75, 3.05) is 5.32 Å². The molecule has 7 nitrogen and oxygen atoms in total. The van der Waals surface area contributed by atoms with Crippen LogP contribution >= 0.6 is 22.9 Å². The molecule has 0 radical (unpaired) electrons. The molecule has 0 saturated heterocycles. The minimum Gasteiger partial charge on any atom is -0.478 e. The smallest absolute Gasteiger partial charge is 0.340 e. The standard InChI is InChI=1S/C12H10N4O3S2/c1-6-9(11(18)19)10(21-15-6)14-8(17)4-7-5-16-2-3-20-12(16)13-7/h2-3,5H,4H2,1H3,(H,14,17)(H,18,19). The van der Waals surface area contributed by atoms with Gasteiger partial charge in [0, 0.05) is 17.8 Å². The van der Waals surface area contributed by atoms with Crippen LogP contribution in [0.15, 0.2) is 17.8 Å². The summed E-state index contributed by atoms with van der Waals surface area (Å²) < 4.78 is 5.79. The van der Waals surface area contributed by atoms with Gasteiger partial charge in [-0.3, -0.25) is 9.20 Å². The number of amides is 1. The van der Waals surface area contributed by atoms with Crippen LogP contribution in [0.3, 0.4) is 0 Å². The molecule has 0 aliphatic rings. The maximum absolute atomic E-state index is 12.0. The predicted octanol–water partition coefficient (Wildman–Crippen LogP) is 2.04. The van der Waals surface area contributed by atoms with Gasteiger partial charge in [0.1, 0.15) is 10.6 Å². The van der Waals surface area contributed by atoms with Gasteiger partial charge < -0.3 is 10.4 Å². The fraction of sp³-hybridized carbons (Fsp3) is 0.167. The average molecular weight is 322 g/mol. The molecule has 0 aromatic carbocycles. The molecular weight excluding hydrogens is 312 g/mol. The molecule has 3 aromatic rings.